The molecule has 1 heterocycles. The van der Waals surface area contributed by atoms with Crippen molar-refractivity contribution in [2.45, 2.75) is 17.9 Å². The molecule has 0 aliphatic heterocycles. The van der Waals surface area contributed by atoms with Crippen LogP contribution < -0.4 is 5.32 Å². The highest BCUT2D eigenvalue weighted by Crippen LogP contribution is 2.23. The summed E-state index contributed by atoms with van der Waals surface area (Å²) in [5, 5.41) is 3.97. The number of benzene rings is 1. The first-order chi connectivity index (χ1) is 11.2. The molecule has 1 atom stereocenters. The van der Waals surface area contributed by atoms with Crippen molar-refractivity contribution in [1.29, 1.82) is 0 Å². The second-order valence-electron chi connectivity index (χ2n) is 5.04. The fraction of sp³-hybridized carbons (Fsp3) is 0.353. The second-order valence-corrected chi connectivity index (χ2v) is 6.31. The van der Waals surface area contributed by atoms with E-state index in [1.165, 1.54) is 4.90 Å². The van der Waals surface area contributed by atoms with E-state index in [9.17, 15) is 0 Å². The van der Waals surface area contributed by atoms with Crippen molar-refractivity contribution in [3.05, 3.63) is 48.4 Å². The summed E-state index contributed by atoms with van der Waals surface area (Å²) < 4.78 is 10.7. The number of nitrogens with one attached hydrogen (secondary N) is 1. The van der Waals surface area contributed by atoms with Gasteiger partial charge in [0, 0.05) is 24.2 Å². The predicted molar refractivity (Wildman–Crippen MR) is 100 cm³/mol. The predicted octanol–water partition coefficient (Wildman–Crippen LogP) is 4.41. The largest absolute Gasteiger partial charge is 0.467 e. The number of ether oxygens (including phenoxy) is 1. The molecule has 124 valence electrons. The molecule has 0 fully saturated rings. The maximum Gasteiger partial charge on any atom is 0.174 e. The zero-order chi connectivity index (χ0) is 16.7. The summed E-state index contributed by atoms with van der Waals surface area (Å²) in [6, 6.07) is 12.1. The Balaban J connectivity index is 2.12. The van der Waals surface area contributed by atoms with Gasteiger partial charge in [-0.25, -0.2) is 0 Å². The standard InChI is InChI=1S/C17H22N2O2S2/c1-13(16-8-5-10-21-16)19(9-11-20-2)17(22)18-14-6-4-7-15(12-14)23-3/h4-8,10,12-13H,9,11H2,1-3H3,(H,18,22)/t13-/m1/s1. The molecule has 0 amide bonds. The SMILES string of the molecule is COCCN(C(=S)Nc1cccc(SC)c1)[C@H](C)c1ccco1. The number of rotatable bonds is 7. The van der Waals surface area contributed by atoms with E-state index in [-0.39, 0.29) is 6.04 Å². The van der Waals surface area contributed by atoms with Crippen LogP contribution in [0.2, 0.25) is 0 Å². The number of hydrogen-bond donors (Lipinski definition) is 1. The number of methoxy groups -OCH3 is 1. The number of hydrogen-bond acceptors (Lipinski definition) is 4. The maximum absolute atomic E-state index is 5.61. The van der Waals surface area contributed by atoms with Crippen molar-refractivity contribution in [1.82, 2.24) is 4.90 Å². The molecule has 0 bridgehead atoms. The third kappa shape index (κ3) is 4.99. The van der Waals surface area contributed by atoms with Gasteiger partial charge in [-0.05, 0) is 55.7 Å². The Hall–Kier alpha value is -1.50. The third-order valence-electron chi connectivity index (χ3n) is 3.54. The van der Waals surface area contributed by atoms with Gasteiger partial charge < -0.3 is 19.4 Å². The summed E-state index contributed by atoms with van der Waals surface area (Å²) in [5.41, 5.74) is 0.982. The van der Waals surface area contributed by atoms with Gasteiger partial charge in [0.05, 0.1) is 18.9 Å². The summed E-state index contributed by atoms with van der Waals surface area (Å²) in [4.78, 5) is 3.27. The number of anilines is 1. The lowest BCUT2D eigenvalue weighted by Gasteiger charge is -2.30. The van der Waals surface area contributed by atoms with Crippen LogP contribution >= 0.6 is 24.0 Å². The van der Waals surface area contributed by atoms with Crippen molar-refractivity contribution < 1.29 is 9.15 Å². The molecule has 4 nitrogen and oxygen atoms in total. The van der Waals surface area contributed by atoms with Gasteiger partial charge in [0.25, 0.3) is 0 Å². The van der Waals surface area contributed by atoms with Crippen molar-refractivity contribution >= 4 is 34.8 Å². The molecule has 2 aromatic rings. The Bertz CT molecular complexity index is 617. The molecule has 1 aromatic carbocycles. The van der Waals surface area contributed by atoms with Crippen LogP contribution in [0.3, 0.4) is 0 Å². The number of furan rings is 1. The van der Waals surface area contributed by atoms with E-state index in [0.29, 0.717) is 18.3 Å². The van der Waals surface area contributed by atoms with Crippen molar-refractivity contribution in [3.8, 4) is 0 Å². The van der Waals surface area contributed by atoms with Crippen LogP contribution in [-0.4, -0.2) is 36.5 Å². The van der Waals surface area contributed by atoms with Crippen LogP contribution in [0.4, 0.5) is 5.69 Å². The average molecular weight is 351 g/mol. The highest BCUT2D eigenvalue weighted by Gasteiger charge is 2.20. The summed E-state index contributed by atoms with van der Waals surface area (Å²) in [7, 11) is 1.69. The first kappa shape index (κ1) is 17.8. The number of nitrogens with zero attached hydrogens (tertiary/aromatic N) is 1. The van der Waals surface area contributed by atoms with Gasteiger partial charge in [-0.2, -0.15) is 0 Å². The minimum absolute atomic E-state index is 0.0314. The van der Waals surface area contributed by atoms with E-state index in [1.54, 1.807) is 25.1 Å². The molecular formula is C17H22N2O2S2. The van der Waals surface area contributed by atoms with Crippen LogP contribution in [0.15, 0.2) is 52.0 Å². The van der Waals surface area contributed by atoms with E-state index < -0.39 is 0 Å². The monoisotopic (exact) mass is 350 g/mol. The first-order valence-corrected chi connectivity index (χ1v) is 9.03. The highest BCUT2D eigenvalue weighted by atomic mass is 32.2. The zero-order valence-corrected chi connectivity index (χ0v) is 15.2. The van der Waals surface area contributed by atoms with Gasteiger partial charge in [0.15, 0.2) is 5.11 Å². The molecule has 0 spiro atoms. The molecule has 0 aliphatic rings. The van der Waals surface area contributed by atoms with Crippen molar-refractivity contribution in [2.24, 2.45) is 0 Å². The van der Waals surface area contributed by atoms with E-state index >= 15 is 0 Å². The molecule has 1 N–H and O–H groups in total. The maximum atomic E-state index is 5.61. The van der Waals surface area contributed by atoms with E-state index in [0.717, 1.165) is 11.4 Å². The number of thiocarbonyl (C=S) groups is 1. The highest BCUT2D eigenvalue weighted by molar-refractivity contribution is 7.98. The summed E-state index contributed by atoms with van der Waals surface area (Å²) in [5.74, 6) is 0.878. The first-order valence-electron chi connectivity index (χ1n) is 7.39. The fourth-order valence-electron chi connectivity index (χ4n) is 2.24. The van der Waals surface area contributed by atoms with Crippen LogP contribution in [-0.2, 0) is 4.74 Å². The minimum atomic E-state index is 0.0314. The molecule has 1 aromatic heterocycles. The average Bonchev–Trinajstić information content (AvgIpc) is 3.09. The normalized spacial score (nSPS) is 12.0. The molecule has 0 radical (unpaired) electrons. The van der Waals surface area contributed by atoms with Gasteiger partial charge in [0.2, 0.25) is 0 Å². The van der Waals surface area contributed by atoms with Crippen LogP contribution in [0, 0.1) is 0 Å². The number of thioether (sulfide) groups is 1. The lowest BCUT2D eigenvalue weighted by Crippen LogP contribution is -2.39. The van der Waals surface area contributed by atoms with Crippen LogP contribution in [0.1, 0.15) is 18.7 Å². The van der Waals surface area contributed by atoms with Gasteiger partial charge in [0.1, 0.15) is 5.76 Å². The molecular weight excluding hydrogens is 328 g/mol. The molecule has 0 saturated heterocycles. The van der Waals surface area contributed by atoms with Crippen molar-refractivity contribution in [3.63, 3.8) is 0 Å². The molecule has 6 heteroatoms. The Morgan fingerprint density at radius 3 is 2.87 bits per heavy atom. The summed E-state index contributed by atoms with van der Waals surface area (Å²) in [6.45, 7) is 3.35. The smallest absolute Gasteiger partial charge is 0.174 e. The van der Waals surface area contributed by atoms with E-state index in [2.05, 4.69) is 35.5 Å². The Labute approximate surface area is 147 Å². The Morgan fingerprint density at radius 1 is 1.39 bits per heavy atom. The Kier molecular flexibility index (Phi) is 6.95. The summed E-state index contributed by atoms with van der Waals surface area (Å²) >= 11 is 7.32. The molecule has 2 rings (SSSR count). The van der Waals surface area contributed by atoms with Gasteiger partial charge >= 0.3 is 0 Å². The van der Waals surface area contributed by atoms with Crippen molar-refractivity contribution in [2.75, 3.05) is 31.8 Å². The van der Waals surface area contributed by atoms with Gasteiger partial charge in [-0.1, -0.05) is 6.07 Å². The molecule has 0 saturated carbocycles. The molecule has 23 heavy (non-hydrogen) atoms. The van der Waals surface area contributed by atoms with E-state index in [1.807, 2.05) is 24.3 Å². The van der Waals surface area contributed by atoms with Crippen LogP contribution in [0.25, 0.3) is 0 Å². The topological polar surface area (TPSA) is 37.6 Å². The molecule has 0 aliphatic carbocycles. The van der Waals surface area contributed by atoms with Gasteiger partial charge in [-0.3, -0.25) is 0 Å². The minimum Gasteiger partial charge on any atom is -0.467 e. The quantitative estimate of drug-likeness (QED) is 0.589. The fourth-order valence-corrected chi connectivity index (χ4v) is 3.07. The Morgan fingerprint density at radius 2 is 2.22 bits per heavy atom. The third-order valence-corrected chi connectivity index (χ3v) is 4.60. The molecule has 0 unspecified atom stereocenters. The lowest BCUT2D eigenvalue weighted by atomic mass is 10.2. The second kappa shape index (κ2) is 8.96. The summed E-state index contributed by atoms with van der Waals surface area (Å²) in [6.07, 6.45) is 3.74. The lowest BCUT2D eigenvalue weighted by molar-refractivity contribution is 0.160. The van der Waals surface area contributed by atoms with E-state index in [4.69, 9.17) is 21.4 Å². The van der Waals surface area contributed by atoms with Gasteiger partial charge in [-0.15, -0.1) is 11.8 Å². The van der Waals surface area contributed by atoms with Crippen LogP contribution in [0.5, 0.6) is 0 Å². The zero-order valence-electron chi connectivity index (χ0n) is 13.6.